The standard InChI is InChI=1S/C25H27ClN4O3/c1-4-8-30(15(2)3)23-11-22-21(10-19(23)26)29-24(32)12-20(28-22)16-6-5-7-17(9-16)25-27-18(13-31)14-33-25/h5-7,9-11,14-15,31H,4,8,12-13H2,1-3H3,(H,29,32). The fourth-order valence-electron chi connectivity index (χ4n) is 3.90. The average Bonchev–Trinajstić information content (AvgIpc) is 3.22. The van der Waals surface area contributed by atoms with Gasteiger partial charge in [-0.3, -0.25) is 9.79 Å². The minimum absolute atomic E-state index is 0.126. The number of nitrogens with zero attached hydrogens (tertiary/aromatic N) is 3. The molecule has 3 aromatic rings. The number of halogens is 1. The molecule has 4 rings (SSSR count). The zero-order valence-corrected chi connectivity index (χ0v) is 19.7. The predicted molar refractivity (Wildman–Crippen MR) is 132 cm³/mol. The van der Waals surface area contributed by atoms with Crippen molar-refractivity contribution in [3.63, 3.8) is 0 Å². The minimum atomic E-state index is -0.191. The number of hydrogen-bond donors (Lipinski definition) is 2. The quantitative estimate of drug-likeness (QED) is 0.474. The van der Waals surface area contributed by atoms with E-state index in [-0.39, 0.29) is 25.0 Å². The maximum absolute atomic E-state index is 12.7. The SMILES string of the molecule is CCCN(c1cc2c(cc1Cl)NC(=O)CC(c1cccc(-c3nc(CO)co3)c1)=N2)C(C)C. The molecule has 0 unspecified atom stereocenters. The van der Waals surface area contributed by atoms with E-state index in [0.29, 0.717) is 33.7 Å². The van der Waals surface area contributed by atoms with E-state index in [1.54, 1.807) is 6.07 Å². The summed E-state index contributed by atoms with van der Waals surface area (Å²) in [7, 11) is 0. The third kappa shape index (κ3) is 4.94. The van der Waals surface area contributed by atoms with Crippen molar-refractivity contribution >= 4 is 40.3 Å². The summed E-state index contributed by atoms with van der Waals surface area (Å²) in [6.07, 6.45) is 2.54. The van der Waals surface area contributed by atoms with Gasteiger partial charge in [0.25, 0.3) is 0 Å². The van der Waals surface area contributed by atoms with Gasteiger partial charge in [-0.1, -0.05) is 30.7 Å². The van der Waals surface area contributed by atoms with Crippen molar-refractivity contribution < 1.29 is 14.3 Å². The number of hydrogen-bond acceptors (Lipinski definition) is 6. The van der Waals surface area contributed by atoms with Crippen molar-refractivity contribution in [3.8, 4) is 11.5 Å². The fraction of sp³-hybridized carbons (Fsp3) is 0.320. The molecule has 2 heterocycles. The van der Waals surface area contributed by atoms with E-state index in [2.05, 4.69) is 36.0 Å². The van der Waals surface area contributed by atoms with Gasteiger partial charge in [0.2, 0.25) is 11.8 Å². The highest BCUT2D eigenvalue weighted by atomic mass is 35.5. The van der Waals surface area contributed by atoms with Crippen molar-refractivity contribution in [3.05, 3.63) is 58.9 Å². The molecule has 33 heavy (non-hydrogen) atoms. The zero-order valence-electron chi connectivity index (χ0n) is 18.9. The van der Waals surface area contributed by atoms with Crippen LogP contribution in [0.5, 0.6) is 0 Å². The zero-order chi connectivity index (χ0) is 23.5. The predicted octanol–water partition coefficient (Wildman–Crippen LogP) is 5.58. The molecule has 0 fully saturated rings. The Kier molecular flexibility index (Phi) is 6.81. The largest absolute Gasteiger partial charge is 0.444 e. The average molecular weight is 467 g/mol. The topological polar surface area (TPSA) is 91.0 Å². The second-order valence-corrected chi connectivity index (χ2v) is 8.68. The summed E-state index contributed by atoms with van der Waals surface area (Å²) in [5, 5.41) is 12.8. The van der Waals surface area contributed by atoms with Crippen molar-refractivity contribution in [1.29, 1.82) is 0 Å². The van der Waals surface area contributed by atoms with E-state index < -0.39 is 0 Å². The molecule has 1 aliphatic rings. The van der Waals surface area contributed by atoms with E-state index in [1.165, 1.54) is 6.26 Å². The number of aliphatic imine (C=N–C) groups is 1. The van der Waals surface area contributed by atoms with Gasteiger partial charge in [0, 0.05) is 18.2 Å². The smallest absolute Gasteiger partial charge is 0.230 e. The number of aliphatic hydroxyl groups is 1. The fourth-order valence-corrected chi connectivity index (χ4v) is 4.18. The number of aliphatic hydroxyl groups excluding tert-OH is 1. The van der Waals surface area contributed by atoms with Crippen molar-refractivity contribution in [1.82, 2.24) is 4.98 Å². The summed E-state index contributed by atoms with van der Waals surface area (Å²) >= 11 is 6.62. The molecule has 0 saturated carbocycles. The number of carbonyl (C=O) groups excluding carboxylic acids is 1. The number of nitrogens with one attached hydrogen (secondary N) is 1. The Bertz CT molecular complexity index is 1200. The molecule has 0 spiro atoms. The highest BCUT2D eigenvalue weighted by Crippen LogP contribution is 2.39. The summed E-state index contributed by atoms with van der Waals surface area (Å²) in [6.45, 7) is 7.07. The van der Waals surface area contributed by atoms with E-state index in [4.69, 9.17) is 21.0 Å². The lowest BCUT2D eigenvalue weighted by atomic mass is 10.0. The summed E-state index contributed by atoms with van der Waals surface area (Å²) in [5.74, 6) is 0.246. The third-order valence-electron chi connectivity index (χ3n) is 5.48. The summed E-state index contributed by atoms with van der Waals surface area (Å²) in [6, 6.07) is 11.5. The first kappa shape index (κ1) is 23.0. The van der Waals surface area contributed by atoms with Crippen LogP contribution in [0.15, 0.2) is 52.1 Å². The third-order valence-corrected chi connectivity index (χ3v) is 5.78. The van der Waals surface area contributed by atoms with Crippen LogP contribution in [-0.2, 0) is 11.4 Å². The van der Waals surface area contributed by atoms with Gasteiger partial charge in [-0.2, -0.15) is 0 Å². The monoisotopic (exact) mass is 466 g/mol. The molecule has 0 bridgehead atoms. The Morgan fingerprint density at radius 3 is 2.73 bits per heavy atom. The molecule has 8 heteroatoms. The number of carbonyl (C=O) groups is 1. The number of rotatable bonds is 7. The van der Waals surface area contributed by atoms with Crippen LogP contribution in [0, 0.1) is 0 Å². The highest BCUT2D eigenvalue weighted by Gasteiger charge is 2.22. The molecular weight excluding hydrogens is 440 g/mol. The van der Waals surface area contributed by atoms with Crippen LogP contribution >= 0.6 is 11.6 Å². The molecule has 172 valence electrons. The van der Waals surface area contributed by atoms with Crippen molar-refractivity contribution in [2.24, 2.45) is 4.99 Å². The molecule has 2 aromatic carbocycles. The Balaban J connectivity index is 1.77. The van der Waals surface area contributed by atoms with Crippen LogP contribution in [0.1, 0.15) is 44.9 Å². The number of fused-ring (bicyclic) bond motifs is 1. The normalized spacial score (nSPS) is 13.4. The minimum Gasteiger partial charge on any atom is -0.444 e. The molecule has 0 aliphatic carbocycles. The first-order valence-electron chi connectivity index (χ1n) is 11.0. The first-order chi connectivity index (χ1) is 15.9. The summed E-state index contributed by atoms with van der Waals surface area (Å²) in [5.41, 5.74) is 4.80. The van der Waals surface area contributed by atoms with Gasteiger partial charge < -0.3 is 19.7 Å². The lowest BCUT2D eigenvalue weighted by molar-refractivity contribution is -0.115. The van der Waals surface area contributed by atoms with Crippen LogP contribution in [-0.4, -0.2) is 34.3 Å². The van der Waals surface area contributed by atoms with Gasteiger partial charge in [-0.25, -0.2) is 4.98 Å². The maximum atomic E-state index is 12.7. The molecule has 1 aromatic heterocycles. The van der Waals surface area contributed by atoms with Gasteiger partial charge in [-0.15, -0.1) is 0 Å². The number of benzene rings is 2. The molecule has 1 aliphatic heterocycles. The Labute approximate surface area is 198 Å². The Morgan fingerprint density at radius 1 is 1.24 bits per heavy atom. The molecular formula is C25H27ClN4O3. The summed E-state index contributed by atoms with van der Waals surface area (Å²) < 4.78 is 5.48. The van der Waals surface area contributed by atoms with E-state index in [1.807, 2.05) is 30.3 Å². The van der Waals surface area contributed by atoms with Gasteiger partial charge in [0.1, 0.15) is 12.0 Å². The van der Waals surface area contributed by atoms with E-state index >= 15 is 0 Å². The number of anilines is 2. The lowest BCUT2D eigenvalue weighted by Gasteiger charge is -2.30. The van der Waals surface area contributed by atoms with Gasteiger partial charge >= 0.3 is 0 Å². The van der Waals surface area contributed by atoms with Gasteiger partial charge in [0.05, 0.1) is 40.8 Å². The summed E-state index contributed by atoms with van der Waals surface area (Å²) in [4.78, 5) is 24.1. The van der Waals surface area contributed by atoms with Gasteiger partial charge in [0.15, 0.2) is 0 Å². The Morgan fingerprint density at radius 2 is 2.03 bits per heavy atom. The lowest BCUT2D eigenvalue weighted by Crippen LogP contribution is -2.31. The first-order valence-corrected chi connectivity index (χ1v) is 11.4. The highest BCUT2D eigenvalue weighted by molar-refractivity contribution is 6.34. The van der Waals surface area contributed by atoms with Crippen molar-refractivity contribution in [2.45, 2.75) is 46.3 Å². The number of oxazole rings is 1. The second-order valence-electron chi connectivity index (χ2n) is 8.27. The van der Waals surface area contributed by atoms with Crippen LogP contribution in [0.4, 0.5) is 17.1 Å². The molecule has 7 nitrogen and oxygen atoms in total. The van der Waals surface area contributed by atoms with Crippen LogP contribution in [0.3, 0.4) is 0 Å². The Hall–Kier alpha value is -3.16. The van der Waals surface area contributed by atoms with Crippen LogP contribution < -0.4 is 10.2 Å². The van der Waals surface area contributed by atoms with E-state index in [0.717, 1.165) is 29.8 Å². The molecule has 1 amide bonds. The molecule has 0 radical (unpaired) electrons. The molecule has 0 saturated heterocycles. The number of amides is 1. The number of aromatic nitrogens is 1. The van der Waals surface area contributed by atoms with E-state index in [9.17, 15) is 9.90 Å². The maximum Gasteiger partial charge on any atom is 0.230 e. The van der Waals surface area contributed by atoms with Crippen molar-refractivity contribution in [2.75, 3.05) is 16.8 Å². The molecule has 2 N–H and O–H groups in total. The van der Waals surface area contributed by atoms with Crippen LogP contribution in [0.2, 0.25) is 5.02 Å². The van der Waals surface area contributed by atoms with Crippen LogP contribution in [0.25, 0.3) is 11.5 Å². The molecule has 0 atom stereocenters. The second kappa shape index (κ2) is 9.77. The van der Waals surface area contributed by atoms with Gasteiger partial charge in [-0.05, 0) is 50.1 Å².